The highest BCUT2D eigenvalue weighted by molar-refractivity contribution is 5.93. The van der Waals surface area contributed by atoms with Gasteiger partial charge in [0.1, 0.15) is 0 Å². The number of likely N-dealkylation sites (tertiary alicyclic amines) is 1. The molecule has 1 aliphatic rings. The lowest BCUT2D eigenvalue weighted by Crippen LogP contribution is -2.45. The van der Waals surface area contributed by atoms with Gasteiger partial charge in [-0.2, -0.15) is 0 Å². The van der Waals surface area contributed by atoms with Crippen LogP contribution in [0.3, 0.4) is 0 Å². The van der Waals surface area contributed by atoms with Crippen molar-refractivity contribution in [3.05, 3.63) is 48.0 Å². The van der Waals surface area contributed by atoms with Crippen molar-refractivity contribution in [3.8, 4) is 17.2 Å². The third-order valence-electron chi connectivity index (χ3n) is 5.36. The first-order chi connectivity index (χ1) is 14.1. The summed E-state index contributed by atoms with van der Waals surface area (Å²) in [5, 5.41) is 2.98. The van der Waals surface area contributed by atoms with E-state index in [-0.39, 0.29) is 5.91 Å². The molecule has 0 spiro atoms. The summed E-state index contributed by atoms with van der Waals surface area (Å²) in [7, 11) is 4.68. The molecule has 29 heavy (non-hydrogen) atoms. The highest BCUT2D eigenvalue weighted by Crippen LogP contribution is 2.39. The summed E-state index contributed by atoms with van der Waals surface area (Å²) in [5.41, 5.74) is 1.94. The van der Waals surface area contributed by atoms with Gasteiger partial charge in [-0.1, -0.05) is 36.8 Å². The molecule has 1 unspecified atom stereocenters. The Morgan fingerprint density at radius 1 is 1.03 bits per heavy atom. The molecule has 1 saturated heterocycles. The van der Waals surface area contributed by atoms with Gasteiger partial charge in [0.15, 0.2) is 11.5 Å². The minimum absolute atomic E-state index is 0.0424. The number of hydrogen-bond acceptors (Lipinski definition) is 5. The van der Waals surface area contributed by atoms with Gasteiger partial charge in [0.05, 0.1) is 27.9 Å². The third-order valence-corrected chi connectivity index (χ3v) is 5.36. The van der Waals surface area contributed by atoms with Crippen LogP contribution in [0.25, 0.3) is 0 Å². The van der Waals surface area contributed by atoms with Gasteiger partial charge in [-0.05, 0) is 31.4 Å². The van der Waals surface area contributed by atoms with E-state index in [1.165, 1.54) is 12.0 Å². The van der Waals surface area contributed by atoms with E-state index < -0.39 is 0 Å². The summed E-state index contributed by atoms with van der Waals surface area (Å²) >= 11 is 0. The molecule has 1 aliphatic heterocycles. The number of nitrogens with zero attached hydrogens (tertiary/aromatic N) is 1. The molecule has 156 valence electrons. The maximum absolute atomic E-state index is 12.8. The fourth-order valence-corrected chi connectivity index (χ4v) is 3.92. The Labute approximate surface area is 172 Å². The minimum Gasteiger partial charge on any atom is -0.493 e. The largest absolute Gasteiger partial charge is 0.493 e. The van der Waals surface area contributed by atoms with E-state index in [1.54, 1.807) is 33.5 Å². The number of benzene rings is 2. The predicted molar refractivity (Wildman–Crippen MR) is 114 cm³/mol. The van der Waals surface area contributed by atoms with Gasteiger partial charge in [0.2, 0.25) is 11.7 Å². The Balaban J connectivity index is 1.67. The molecule has 0 aliphatic carbocycles. The zero-order chi connectivity index (χ0) is 20.6. The zero-order valence-corrected chi connectivity index (χ0v) is 17.4. The SMILES string of the molecule is COc1cc(NC(=O)CN2CCCCC2Cc2ccccc2)cc(OC)c1OC. The van der Waals surface area contributed by atoms with Crippen LogP contribution < -0.4 is 19.5 Å². The van der Waals surface area contributed by atoms with Crippen molar-refractivity contribution in [2.75, 3.05) is 39.7 Å². The summed E-state index contributed by atoms with van der Waals surface area (Å²) < 4.78 is 16.1. The van der Waals surface area contributed by atoms with Crippen molar-refractivity contribution in [1.82, 2.24) is 4.90 Å². The molecule has 1 fully saturated rings. The van der Waals surface area contributed by atoms with E-state index in [0.717, 1.165) is 25.8 Å². The molecular formula is C23H30N2O4. The predicted octanol–water partition coefficient (Wildman–Crippen LogP) is 3.75. The molecule has 1 N–H and O–H groups in total. The Morgan fingerprint density at radius 3 is 2.34 bits per heavy atom. The van der Waals surface area contributed by atoms with Gasteiger partial charge in [-0.15, -0.1) is 0 Å². The number of ether oxygens (including phenoxy) is 3. The second-order valence-electron chi connectivity index (χ2n) is 7.27. The maximum Gasteiger partial charge on any atom is 0.238 e. The molecule has 0 aromatic heterocycles. The van der Waals surface area contributed by atoms with Gasteiger partial charge < -0.3 is 19.5 Å². The lowest BCUT2D eigenvalue weighted by atomic mass is 9.95. The first-order valence-corrected chi connectivity index (χ1v) is 10.0. The van der Waals surface area contributed by atoms with Gasteiger partial charge in [0, 0.05) is 23.9 Å². The highest BCUT2D eigenvalue weighted by atomic mass is 16.5. The first kappa shape index (κ1) is 21.0. The second-order valence-corrected chi connectivity index (χ2v) is 7.27. The minimum atomic E-state index is -0.0424. The van der Waals surface area contributed by atoms with Crippen LogP contribution in [-0.2, 0) is 11.2 Å². The van der Waals surface area contributed by atoms with Crippen LogP contribution in [0, 0.1) is 0 Å². The van der Waals surface area contributed by atoms with Crippen LogP contribution in [0.1, 0.15) is 24.8 Å². The average Bonchev–Trinajstić information content (AvgIpc) is 2.75. The van der Waals surface area contributed by atoms with Crippen LogP contribution in [0.15, 0.2) is 42.5 Å². The first-order valence-electron chi connectivity index (χ1n) is 10.0. The lowest BCUT2D eigenvalue weighted by molar-refractivity contribution is -0.118. The molecule has 1 amide bonds. The zero-order valence-electron chi connectivity index (χ0n) is 17.4. The number of piperidine rings is 1. The molecule has 0 radical (unpaired) electrons. The number of carbonyl (C=O) groups excluding carboxylic acids is 1. The summed E-state index contributed by atoms with van der Waals surface area (Å²) in [6.45, 7) is 1.31. The van der Waals surface area contributed by atoms with Gasteiger partial charge >= 0.3 is 0 Å². The van der Waals surface area contributed by atoms with Crippen molar-refractivity contribution in [2.45, 2.75) is 31.7 Å². The van der Waals surface area contributed by atoms with Crippen molar-refractivity contribution in [2.24, 2.45) is 0 Å². The molecule has 0 bridgehead atoms. The molecule has 3 rings (SSSR count). The topological polar surface area (TPSA) is 60.0 Å². The number of carbonyl (C=O) groups is 1. The monoisotopic (exact) mass is 398 g/mol. The van der Waals surface area contributed by atoms with E-state index in [2.05, 4.69) is 34.5 Å². The number of hydrogen-bond donors (Lipinski definition) is 1. The van der Waals surface area contributed by atoms with E-state index in [1.807, 2.05) is 6.07 Å². The van der Waals surface area contributed by atoms with Crippen molar-refractivity contribution < 1.29 is 19.0 Å². The normalized spacial score (nSPS) is 16.9. The van der Waals surface area contributed by atoms with E-state index in [4.69, 9.17) is 14.2 Å². The van der Waals surface area contributed by atoms with Crippen molar-refractivity contribution in [1.29, 1.82) is 0 Å². The third kappa shape index (κ3) is 5.41. The summed E-state index contributed by atoms with van der Waals surface area (Å²) in [5.74, 6) is 1.50. The molecule has 1 atom stereocenters. The number of rotatable bonds is 8. The number of anilines is 1. The van der Waals surface area contributed by atoms with Crippen LogP contribution in [0.2, 0.25) is 0 Å². The molecule has 6 heteroatoms. The number of methoxy groups -OCH3 is 3. The van der Waals surface area contributed by atoms with Crippen LogP contribution in [0.4, 0.5) is 5.69 Å². The van der Waals surface area contributed by atoms with Crippen LogP contribution >= 0.6 is 0 Å². The summed E-state index contributed by atoms with van der Waals surface area (Å²) in [4.78, 5) is 15.1. The number of amides is 1. The van der Waals surface area contributed by atoms with Gasteiger partial charge in [-0.25, -0.2) is 0 Å². The van der Waals surface area contributed by atoms with Gasteiger partial charge in [0.25, 0.3) is 0 Å². The number of nitrogens with one attached hydrogen (secondary N) is 1. The van der Waals surface area contributed by atoms with Gasteiger partial charge in [-0.3, -0.25) is 9.69 Å². The van der Waals surface area contributed by atoms with E-state index in [9.17, 15) is 4.79 Å². The summed E-state index contributed by atoms with van der Waals surface area (Å²) in [6.07, 6.45) is 4.43. The average molecular weight is 399 g/mol. The summed E-state index contributed by atoms with van der Waals surface area (Å²) in [6, 6.07) is 14.4. The Morgan fingerprint density at radius 2 is 1.72 bits per heavy atom. The molecule has 2 aromatic carbocycles. The van der Waals surface area contributed by atoms with Crippen LogP contribution in [0.5, 0.6) is 17.2 Å². The van der Waals surface area contributed by atoms with Crippen LogP contribution in [-0.4, -0.2) is 51.3 Å². The Kier molecular flexibility index (Phi) is 7.36. The fraction of sp³-hybridized carbons (Fsp3) is 0.435. The second kappa shape index (κ2) is 10.2. The maximum atomic E-state index is 12.8. The highest BCUT2D eigenvalue weighted by Gasteiger charge is 2.25. The standard InChI is InChI=1S/C23H30N2O4/c1-27-20-14-18(15-21(28-2)23(20)29-3)24-22(26)16-25-12-8-7-11-19(25)13-17-9-5-4-6-10-17/h4-6,9-10,14-15,19H,7-8,11-13,16H2,1-3H3,(H,24,26). The van der Waals surface area contributed by atoms with E-state index >= 15 is 0 Å². The van der Waals surface area contributed by atoms with Crippen molar-refractivity contribution >= 4 is 11.6 Å². The molecular weight excluding hydrogens is 368 g/mol. The molecule has 0 saturated carbocycles. The molecule has 1 heterocycles. The smallest absolute Gasteiger partial charge is 0.238 e. The molecule has 2 aromatic rings. The quantitative estimate of drug-likeness (QED) is 0.734. The van der Waals surface area contributed by atoms with E-state index in [0.29, 0.717) is 35.5 Å². The molecule has 6 nitrogen and oxygen atoms in total. The Bertz CT molecular complexity index is 785. The Hall–Kier alpha value is -2.73. The fourth-order valence-electron chi connectivity index (χ4n) is 3.92. The van der Waals surface area contributed by atoms with Crippen molar-refractivity contribution in [3.63, 3.8) is 0 Å². The lowest BCUT2D eigenvalue weighted by Gasteiger charge is -2.35.